The summed E-state index contributed by atoms with van der Waals surface area (Å²) in [4.78, 5) is 11.7. The van der Waals surface area contributed by atoms with Crippen LogP contribution >= 0.6 is 0 Å². The van der Waals surface area contributed by atoms with Gasteiger partial charge in [0.05, 0.1) is 12.0 Å². The maximum Gasteiger partial charge on any atom is 0.334 e. The van der Waals surface area contributed by atoms with Crippen LogP contribution in [-0.4, -0.2) is 23.8 Å². The molecule has 18 heavy (non-hydrogen) atoms. The topological polar surface area (TPSA) is 46.5 Å². The Morgan fingerprint density at radius 3 is 2.72 bits per heavy atom. The zero-order valence-corrected chi connectivity index (χ0v) is 11.3. The van der Waals surface area contributed by atoms with E-state index >= 15 is 0 Å². The van der Waals surface area contributed by atoms with Crippen molar-refractivity contribution in [1.82, 2.24) is 0 Å². The van der Waals surface area contributed by atoms with Crippen molar-refractivity contribution in [3.05, 3.63) is 11.6 Å². The lowest BCUT2D eigenvalue weighted by molar-refractivity contribution is -0.135. The van der Waals surface area contributed by atoms with E-state index in [1.54, 1.807) is 0 Å². The van der Waals surface area contributed by atoms with Gasteiger partial charge >= 0.3 is 5.97 Å². The fraction of sp³-hybridized carbons (Fsp3) is 0.800. The number of hydrogen-bond donors (Lipinski definition) is 1. The molecule has 0 unspecified atom stereocenters. The van der Waals surface area contributed by atoms with Gasteiger partial charge < -0.3 is 9.84 Å². The molecule has 0 radical (unpaired) electrons. The summed E-state index contributed by atoms with van der Waals surface area (Å²) in [6, 6.07) is 0. The summed E-state index contributed by atoms with van der Waals surface area (Å²) in [6.45, 7) is 7.10. The molecule has 2 fully saturated rings. The zero-order valence-electron chi connectivity index (χ0n) is 11.3. The number of carbonyl (C=O) groups is 1. The molecule has 5 atom stereocenters. The molecule has 3 aliphatic rings. The number of cyclic esters (lactones) is 1. The van der Waals surface area contributed by atoms with Crippen molar-refractivity contribution < 1.29 is 14.6 Å². The second-order valence-electron chi connectivity index (χ2n) is 7.08. The normalized spacial score (nSPS) is 45.9. The Hall–Kier alpha value is -0.830. The lowest BCUT2D eigenvalue weighted by Crippen LogP contribution is -2.32. The summed E-state index contributed by atoms with van der Waals surface area (Å²) in [7, 11) is 0. The highest BCUT2D eigenvalue weighted by atomic mass is 16.5. The molecule has 0 amide bonds. The van der Waals surface area contributed by atoms with E-state index < -0.39 is 6.10 Å². The molecular weight excluding hydrogens is 228 g/mol. The van der Waals surface area contributed by atoms with Crippen LogP contribution in [0, 0.1) is 29.1 Å². The Balaban J connectivity index is 1.97. The summed E-state index contributed by atoms with van der Waals surface area (Å²) in [5.74, 6) is 0.857. The maximum atomic E-state index is 11.7. The van der Waals surface area contributed by atoms with Crippen LogP contribution < -0.4 is 0 Å². The van der Waals surface area contributed by atoms with E-state index in [-0.39, 0.29) is 11.9 Å². The van der Waals surface area contributed by atoms with Gasteiger partial charge in [0.15, 0.2) is 0 Å². The molecule has 100 valence electrons. The highest BCUT2D eigenvalue weighted by molar-refractivity contribution is 5.91. The third-order valence-electron chi connectivity index (χ3n) is 5.12. The van der Waals surface area contributed by atoms with Gasteiger partial charge in [-0.1, -0.05) is 26.8 Å². The van der Waals surface area contributed by atoms with Crippen molar-refractivity contribution in [1.29, 1.82) is 0 Å². The minimum atomic E-state index is -0.417. The van der Waals surface area contributed by atoms with Crippen LogP contribution in [-0.2, 0) is 9.53 Å². The first-order valence-corrected chi connectivity index (χ1v) is 6.96. The number of allylic oxidation sites excluding steroid dienone is 1. The van der Waals surface area contributed by atoms with Gasteiger partial charge in [-0.05, 0) is 36.0 Å². The van der Waals surface area contributed by atoms with E-state index in [0.717, 1.165) is 18.4 Å². The molecule has 1 heterocycles. The van der Waals surface area contributed by atoms with Gasteiger partial charge in [0.25, 0.3) is 0 Å². The number of aliphatic hydroxyl groups is 1. The molecule has 0 bridgehead atoms. The van der Waals surface area contributed by atoms with Crippen LogP contribution in [0.4, 0.5) is 0 Å². The van der Waals surface area contributed by atoms with Crippen LogP contribution in [0.5, 0.6) is 0 Å². The van der Waals surface area contributed by atoms with Crippen LogP contribution in [0.25, 0.3) is 0 Å². The van der Waals surface area contributed by atoms with Crippen molar-refractivity contribution in [2.75, 3.05) is 6.61 Å². The van der Waals surface area contributed by atoms with Crippen molar-refractivity contribution in [2.24, 2.45) is 29.1 Å². The number of carbonyl (C=O) groups excluding carboxylic acids is 1. The maximum absolute atomic E-state index is 11.7. The third kappa shape index (κ3) is 1.71. The first-order chi connectivity index (χ1) is 8.39. The molecule has 3 heteroatoms. The smallest absolute Gasteiger partial charge is 0.334 e. The molecule has 1 saturated heterocycles. The summed E-state index contributed by atoms with van der Waals surface area (Å²) < 4.78 is 5.11. The van der Waals surface area contributed by atoms with Gasteiger partial charge in [0.1, 0.15) is 6.61 Å². The Morgan fingerprint density at radius 1 is 1.33 bits per heavy atom. The van der Waals surface area contributed by atoms with Gasteiger partial charge in [-0.3, -0.25) is 0 Å². The number of hydrogen-bond acceptors (Lipinski definition) is 3. The minimum absolute atomic E-state index is 0.0937. The van der Waals surface area contributed by atoms with Crippen molar-refractivity contribution in [2.45, 2.75) is 39.7 Å². The largest absolute Gasteiger partial charge is 0.462 e. The highest BCUT2D eigenvalue weighted by Crippen LogP contribution is 2.53. The second kappa shape index (κ2) is 3.83. The predicted octanol–water partition coefficient (Wildman–Crippen LogP) is 2.15. The Bertz CT molecular complexity index is 410. The van der Waals surface area contributed by atoms with Gasteiger partial charge in [-0.15, -0.1) is 0 Å². The fourth-order valence-electron chi connectivity index (χ4n) is 4.28. The third-order valence-corrected chi connectivity index (χ3v) is 5.12. The summed E-state index contributed by atoms with van der Waals surface area (Å²) in [6.07, 6.45) is 3.84. The molecule has 2 aliphatic carbocycles. The van der Waals surface area contributed by atoms with E-state index in [4.69, 9.17) is 4.74 Å². The number of fused-ring (bicyclic) bond motifs is 2. The zero-order chi connectivity index (χ0) is 13.1. The predicted molar refractivity (Wildman–Crippen MR) is 67.7 cm³/mol. The van der Waals surface area contributed by atoms with Crippen molar-refractivity contribution in [3.63, 3.8) is 0 Å². The highest BCUT2D eigenvalue weighted by Gasteiger charge is 2.51. The van der Waals surface area contributed by atoms with Crippen LogP contribution in [0.1, 0.15) is 33.6 Å². The van der Waals surface area contributed by atoms with E-state index in [9.17, 15) is 9.90 Å². The first kappa shape index (κ1) is 12.2. The van der Waals surface area contributed by atoms with Gasteiger partial charge in [-0.25, -0.2) is 4.79 Å². The van der Waals surface area contributed by atoms with Crippen LogP contribution in [0.2, 0.25) is 0 Å². The van der Waals surface area contributed by atoms with Gasteiger partial charge in [0.2, 0.25) is 0 Å². The molecule has 1 N–H and O–H groups in total. The molecular formula is C15H22O3. The number of rotatable bonds is 0. The molecule has 0 spiro atoms. The van der Waals surface area contributed by atoms with E-state index in [0.29, 0.717) is 29.8 Å². The summed E-state index contributed by atoms with van der Waals surface area (Å²) in [5.41, 5.74) is 1.03. The fourth-order valence-corrected chi connectivity index (χ4v) is 4.28. The lowest BCUT2D eigenvalue weighted by Gasteiger charge is -2.27. The van der Waals surface area contributed by atoms with Crippen molar-refractivity contribution in [3.8, 4) is 0 Å². The second-order valence-corrected chi connectivity index (χ2v) is 7.08. The molecule has 1 aliphatic heterocycles. The lowest BCUT2D eigenvalue weighted by atomic mass is 9.81. The van der Waals surface area contributed by atoms with Crippen LogP contribution in [0.3, 0.4) is 0 Å². The van der Waals surface area contributed by atoms with Gasteiger partial charge in [0, 0.05) is 5.57 Å². The first-order valence-electron chi connectivity index (χ1n) is 6.96. The number of esters is 1. The standard InChI is InChI=1S/C15H22O3/c1-8-4-9-12(7-18-14(9)17)13(16)11-6-15(2,3)5-10(8)11/h4,8,10-13,16H,5-7H2,1-3H3/t8-,10-,11-,12+,13+/m0/s1. The quantitative estimate of drug-likeness (QED) is 0.670. The monoisotopic (exact) mass is 250 g/mol. The molecule has 0 aromatic heterocycles. The summed E-state index contributed by atoms with van der Waals surface area (Å²) in [5, 5.41) is 10.6. The average Bonchev–Trinajstić information content (AvgIpc) is 2.77. The number of aliphatic hydroxyl groups excluding tert-OH is 1. The minimum Gasteiger partial charge on any atom is -0.462 e. The molecule has 0 aromatic rings. The average molecular weight is 250 g/mol. The Labute approximate surface area is 108 Å². The van der Waals surface area contributed by atoms with E-state index in [2.05, 4.69) is 26.8 Å². The molecule has 0 aromatic carbocycles. The van der Waals surface area contributed by atoms with Gasteiger partial charge in [-0.2, -0.15) is 0 Å². The van der Waals surface area contributed by atoms with Crippen molar-refractivity contribution >= 4 is 5.97 Å². The van der Waals surface area contributed by atoms with E-state index in [1.165, 1.54) is 0 Å². The van der Waals surface area contributed by atoms with E-state index in [1.807, 2.05) is 0 Å². The van der Waals surface area contributed by atoms with Crippen LogP contribution in [0.15, 0.2) is 11.6 Å². The molecule has 3 nitrogen and oxygen atoms in total. The number of ether oxygens (including phenoxy) is 1. The SMILES string of the molecule is C[C@H]1C=C2C(=O)OC[C@H]2[C@H](O)[C@H]2CC(C)(C)C[C@H]21. The Morgan fingerprint density at radius 2 is 2.00 bits per heavy atom. The molecule has 3 rings (SSSR count). The summed E-state index contributed by atoms with van der Waals surface area (Å²) >= 11 is 0. The molecule has 1 saturated carbocycles. The Kier molecular flexibility index (Phi) is 2.60.